The molecule has 0 aromatic heterocycles. The van der Waals surface area contributed by atoms with E-state index >= 15 is 0 Å². The maximum Gasteiger partial charge on any atom is 0.446 e. The van der Waals surface area contributed by atoms with Crippen molar-refractivity contribution in [1.29, 1.82) is 0 Å². The third-order valence-electron chi connectivity index (χ3n) is 1.16. The normalized spacial score (nSPS) is 15.5. The van der Waals surface area contributed by atoms with Crippen molar-refractivity contribution in [2.45, 2.75) is 0 Å². The van der Waals surface area contributed by atoms with Crippen molar-refractivity contribution in [3.05, 3.63) is 30.3 Å². The zero-order valence-electron chi connectivity index (χ0n) is 6.60. The van der Waals surface area contributed by atoms with E-state index in [2.05, 4.69) is 4.28 Å². The van der Waals surface area contributed by atoms with E-state index < -0.39 is 10.5 Å². The first-order chi connectivity index (χ1) is 5.58. The quantitative estimate of drug-likeness (QED) is 0.418. The smallest absolute Gasteiger partial charge is 0.116 e. The van der Waals surface area contributed by atoms with Crippen molar-refractivity contribution in [2.24, 2.45) is 0 Å². The van der Waals surface area contributed by atoms with E-state index in [1.165, 1.54) is 5.48 Å². The van der Waals surface area contributed by atoms with Gasteiger partial charge in [0.05, 0.1) is 8.84 Å². The van der Waals surface area contributed by atoms with Crippen molar-refractivity contribution in [3.63, 3.8) is 0 Å². The number of hydrogen-bond acceptors (Lipinski definition) is 2. The van der Waals surface area contributed by atoms with E-state index in [0.29, 0.717) is 0 Å². The van der Waals surface area contributed by atoms with Crippen LogP contribution in [0.5, 0.6) is 0 Å². The Bertz CT molecular complexity index is 282. The Hall–Kier alpha value is -0.750. The molecule has 2 N–H and O–H groups in total. The van der Waals surface area contributed by atoms with E-state index in [4.69, 9.17) is 0 Å². The molecule has 1 aromatic rings. The fourth-order valence-electron chi connectivity index (χ4n) is 0.675. The van der Waals surface area contributed by atoms with Crippen LogP contribution in [-0.4, -0.2) is 6.26 Å². The molecule has 1 aromatic carbocycles. The van der Waals surface area contributed by atoms with Crippen molar-refractivity contribution < 1.29 is 18.5 Å². The number of benzene rings is 1. The summed E-state index contributed by atoms with van der Waals surface area (Å²) < 4.78 is 25.6. The van der Waals surface area contributed by atoms with Crippen LogP contribution in [0.2, 0.25) is 0 Å². The van der Waals surface area contributed by atoms with Crippen LogP contribution in [0.25, 0.3) is 0 Å². The van der Waals surface area contributed by atoms with Gasteiger partial charge >= 0.3 is 10.5 Å². The standard InChI is InChI=1S/C7H9NO3S/c1-12(9,10)11-8-7-5-3-2-4-6-7/h2-6,8H,1H3/q+1/p+1. The van der Waals surface area contributed by atoms with Crippen LogP contribution in [0.4, 0.5) is 5.69 Å². The summed E-state index contributed by atoms with van der Waals surface area (Å²) in [5.41, 5.74) is 1.93. The molecular weight excluding hydrogens is 178 g/mol. The minimum Gasteiger partial charge on any atom is -0.116 e. The molecule has 0 spiro atoms. The van der Waals surface area contributed by atoms with Gasteiger partial charge in [-0.3, -0.25) is 0 Å². The van der Waals surface area contributed by atoms with Gasteiger partial charge in [-0.05, 0) is 4.21 Å². The lowest BCUT2D eigenvalue weighted by molar-refractivity contribution is -0.797. The summed E-state index contributed by atoms with van der Waals surface area (Å²) in [5, 5.41) is 0. The van der Waals surface area contributed by atoms with Crippen molar-refractivity contribution in [1.82, 2.24) is 0 Å². The fourth-order valence-corrected chi connectivity index (χ4v) is 0.960. The molecule has 0 heterocycles. The molecule has 1 rings (SSSR count). The Morgan fingerprint density at radius 3 is 2.42 bits per heavy atom. The molecule has 1 unspecified atom stereocenters. The molecule has 1 atom stereocenters. The highest BCUT2D eigenvalue weighted by Gasteiger charge is 2.25. The Kier molecular flexibility index (Phi) is 2.93. The topological polar surface area (TPSA) is 62.8 Å². The largest absolute Gasteiger partial charge is 0.446 e. The van der Waals surface area contributed by atoms with Crippen LogP contribution in [0, 0.1) is 0 Å². The second-order valence-corrected chi connectivity index (χ2v) is 3.93. The van der Waals surface area contributed by atoms with Crippen LogP contribution in [0.1, 0.15) is 0 Å². The summed E-state index contributed by atoms with van der Waals surface area (Å²) in [5.74, 6) is 0. The van der Waals surface area contributed by atoms with Gasteiger partial charge < -0.3 is 0 Å². The average Bonchev–Trinajstić information content (AvgIpc) is 2.02. The molecule has 0 saturated heterocycles. The predicted molar refractivity (Wildman–Crippen MR) is 43.8 cm³/mol. The van der Waals surface area contributed by atoms with E-state index in [1.807, 2.05) is 6.07 Å². The van der Waals surface area contributed by atoms with Crippen LogP contribution >= 0.6 is 0 Å². The number of hydrogen-bond donors (Lipinski definition) is 1. The fraction of sp³-hybridized carbons (Fsp3) is 0.143. The van der Waals surface area contributed by atoms with Crippen molar-refractivity contribution in [3.8, 4) is 0 Å². The van der Waals surface area contributed by atoms with Crippen LogP contribution in [-0.2, 0) is 23.5 Å². The van der Waals surface area contributed by atoms with E-state index in [0.717, 1.165) is 11.9 Å². The summed E-state index contributed by atoms with van der Waals surface area (Å²) in [6.07, 6.45) is 1.01. The van der Waals surface area contributed by atoms with E-state index in [-0.39, 0.29) is 0 Å². The SMILES string of the molecule is C[S+]([O])(=O)O[NH2+]c1ccccc1. The highest BCUT2D eigenvalue weighted by atomic mass is 32.3. The minimum absolute atomic E-state index is 0.725. The molecule has 65 valence electrons. The average molecular weight is 188 g/mol. The first-order valence-corrected chi connectivity index (χ1v) is 5.16. The Labute approximate surface area is 72.0 Å². The monoisotopic (exact) mass is 188 g/mol. The molecule has 12 heavy (non-hydrogen) atoms. The number of quaternary nitrogens is 1. The van der Waals surface area contributed by atoms with E-state index in [9.17, 15) is 8.76 Å². The maximum absolute atomic E-state index is 10.6. The van der Waals surface area contributed by atoms with Gasteiger partial charge in [0.2, 0.25) is 0 Å². The van der Waals surface area contributed by atoms with Gasteiger partial charge in [0, 0.05) is 12.1 Å². The van der Waals surface area contributed by atoms with Gasteiger partial charge in [0.15, 0.2) is 11.9 Å². The Morgan fingerprint density at radius 2 is 1.92 bits per heavy atom. The molecule has 0 aliphatic heterocycles. The van der Waals surface area contributed by atoms with Gasteiger partial charge in [-0.25, -0.2) is 0 Å². The van der Waals surface area contributed by atoms with Crippen LogP contribution in [0.15, 0.2) is 30.3 Å². The molecule has 0 saturated carbocycles. The molecule has 0 aliphatic carbocycles. The Morgan fingerprint density at radius 1 is 1.33 bits per heavy atom. The molecule has 4 nitrogen and oxygen atoms in total. The predicted octanol–water partition coefficient (Wildman–Crippen LogP) is 0.203. The first-order valence-electron chi connectivity index (χ1n) is 3.34. The molecule has 5 heteroatoms. The van der Waals surface area contributed by atoms with Crippen LogP contribution < -0.4 is 5.48 Å². The van der Waals surface area contributed by atoms with Crippen molar-refractivity contribution in [2.75, 3.05) is 6.26 Å². The van der Waals surface area contributed by atoms with Gasteiger partial charge in [-0.2, -0.15) is 0 Å². The van der Waals surface area contributed by atoms with Gasteiger partial charge in [0.1, 0.15) is 0 Å². The lowest BCUT2D eigenvalue weighted by Crippen LogP contribution is -2.78. The second kappa shape index (κ2) is 3.77. The zero-order chi connectivity index (χ0) is 9.03. The molecule has 1 radical (unpaired) electrons. The highest BCUT2D eigenvalue weighted by Crippen LogP contribution is 1.97. The third-order valence-corrected chi connectivity index (χ3v) is 1.60. The summed E-state index contributed by atoms with van der Waals surface area (Å²) in [6.45, 7) is 0. The van der Waals surface area contributed by atoms with Crippen molar-refractivity contribution >= 4 is 16.2 Å². The summed E-state index contributed by atoms with van der Waals surface area (Å²) in [6, 6.07) is 8.96. The molecule has 0 fully saturated rings. The van der Waals surface area contributed by atoms with Gasteiger partial charge in [-0.15, -0.1) is 5.48 Å². The van der Waals surface area contributed by atoms with Crippen LogP contribution in [0.3, 0.4) is 0 Å². The molecule has 0 amide bonds. The Balaban J connectivity index is 2.50. The highest BCUT2D eigenvalue weighted by molar-refractivity contribution is 7.92. The lowest BCUT2D eigenvalue weighted by atomic mass is 10.3. The van der Waals surface area contributed by atoms with Gasteiger partial charge in [-0.1, -0.05) is 18.2 Å². The maximum atomic E-state index is 10.6. The zero-order valence-corrected chi connectivity index (χ0v) is 7.41. The number of nitrogens with two attached hydrogens (primary N) is 1. The summed E-state index contributed by atoms with van der Waals surface area (Å²) in [4.78, 5) is 0. The summed E-state index contributed by atoms with van der Waals surface area (Å²) >= 11 is 0. The lowest BCUT2D eigenvalue weighted by Gasteiger charge is -1.93. The first kappa shape index (κ1) is 9.34. The molecule has 0 aliphatic rings. The molecular formula is C7H10NO3S+2. The molecule has 0 bridgehead atoms. The van der Waals surface area contributed by atoms with E-state index in [1.54, 1.807) is 24.3 Å². The van der Waals surface area contributed by atoms with Gasteiger partial charge in [0.25, 0.3) is 0 Å². The third kappa shape index (κ3) is 3.59. The summed E-state index contributed by atoms with van der Waals surface area (Å²) in [7, 11) is -3.38. The minimum atomic E-state index is -3.38. The number of rotatable bonds is 3. The second-order valence-electron chi connectivity index (χ2n) is 2.33.